The molecular weight excluding hydrogens is 266 g/mol. The molecule has 1 aromatic carbocycles. The van der Waals surface area contributed by atoms with Crippen LogP contribution in [0.1, 0.15) is 11.1 Å². The number of benzene rings is 1. The van der Waals surface area contributed by atoms with Gasteiger partial charge in [0.1, 0.15) is 6.07 Å². The molecule has 0 spiro atoms. The number of H-pyrrole nitrogens is 1. The van der Waals surface area contributed by atoms with E-state index in [-0.39, 0.29) is 0 Å². The van der Waals surface area contributed by atoms with Crippen LogP contribution in [0, 0.1) is 18.3 Å². The fourth-order valence-corrected chi connectivity index (χ4v) is 3.35. The normalized spacial score (nSPS) is 10.7. The lowest BCUT2D eigenvalue weighted by Gasteiger charge is -1.96. The van der Waals surface area contributed by atoms with Gasteiger partial charge in [-0.1, -0.05) is 11.6 Å². The van der Waals surface area contributed by atoms with E-state index < -0.39 is 0 Å². The van der Waals surface area contributed by atoms with Crippen LogP contribution in [0.5, 0.6) is 0 Å². The van der Waals surface area contributed by atoms with Crippen molar-refractivity contribution >= 4 is 33.0 Å². The van der Waals surface area contributed by atoms with Crippen molar-refractivity contribution < 1.29 is 0 Å². The van der Waals surface area contributed by atoms with Crippen molar-refractivity contribution in [3.8, 4) is 16.6 Å². The minimum absolute atomic E-state index is 0.566. The Labute approximate surface area is 113 Å². The zero-order chi connectivity index (χ0) is 12.7. The SMILES string of the molecule is Cc1c(-c2[nH]ncc2C#N)sc2ccc(Cl)cc12. The molecule has 0 aliphatic rings. The van der Waals surface area contributed by atoms with Crippen LogP contribution < -0.4 is 0 Å². The van der Waals surface area contributed by atoms with Crippen molar-refractivity contribution in [1.82, 2.24) is 10.2 Å². The third-order valence-corrected chi connectivity index (χ3v) is 4.41. The second kappa shape index (κ2) is 4.13. The first-order valence-electron chi connectivity index (χ1n) is 5.33. The van der Waals surface area contributed by atoms with E-state index in [4.69, 9.17) is 16.9 Å². The number of thiophene rings is 1. The highest BCUT2D eigenvalue weighted by molar-refractivity contribution is 7.22. The first-order valence-corrected chi connectivity index (χ1v) is 6.52. The Bertz CT molecular complexity index is 779. The predicted octanol–water partition coefficient (Wildman–Crippen LogP) is 4.12. The Morgan fingerprint density at radius 1 is 1.44 bits per heavy atom. The number of nitrogens with one attached hydrogen (secondary N) is 1. The lowest BCUT2D eigenvalue weighted by Crippen LogP contribution is -1.80. The number of hydrogen-bond donors (Lipinski definition) is 1. The largest absolute Gasteiger partial charge is 0.276 e. The molecule has 0 saturated carbocycles. The minimum atomic E-state index is 0.566. The van der Waals surface area contributed by atoms with Gasteiger partial charge in [0.2, 0.25) is 0 Å². The van der Waals surface area contributed by atoms with Crippen molar-refractivity contribution in [1.29, 1.82) is 5.26 Å². The number of hydrogen-bond acceptors (Lipinski definition) is 3. The van der Waals surface area contributed by atoms with E-state index in [1.54, 1.807) is 17.5 Å². The molecule has 2 heterocycles. The summed E-state index contributed by atoms with van der Waals surface area (Å²) in [5, 5.41) is 17.7. The van der Waals surface area contributed by atoms with Crippen molar-refractivity contribution in [2.45, 2.75) is 6.92 Å². The molecule has 2 aromatic heterocycles. The van der Waals surface area contributed by atoms with Crippen LogP contribution in [0.3, 0.4) is 0 Å². The zero-order valence-corrected chi connectivity index (χ0v) is 11.1. The summed E-state index contributed by atoms with van der Waals surface area (Å²) in [4.78, 5) is 1.04. The van der Waals surface area contributed by atoms with Crippen LogP contribution in [-0.4, -0.2) is 10.2 Å². The Morgan fingerprint density at radius 3 is 3.06 bits per heavy atom. The summed E-state index contributed by atoms with van der Waals surface area (Å²) in [5.41, 5.74) is 2.47. The van der Waals surface area contributed by atoms with E-state index in [2.05, 4.69) is 16.3 Å². The third-order valence-electron chi connectivity index (χ3n) is 2.89. The Hall–Kier alpha value is -1.83. The quantitative estimate of drug-likeness (QED) is 0.725. The summed E-state index contributed by atoms with van der Waals surface area (Å²) in [6.07, 6.45) is 1.55. The maximum atomic E-state index is 9.05. The first kappa shape index (κ1) is 11.3. The lowest BCUT2D eigenvalue weighted by atomic mass is 10.1. The van der Waals surface area contributed by atoms with Gasteiger partial charge in [-0.2, -0.15) is 10.4 Å². The molecule has 0 unspecified atom stereocenters. The second-order valence-corrected chi connectivity index (χ2v) is 5.46. The molecule has 3 rings (SSSR count). The minimum Gasteiger partial charge on any atom is -0.276 e. The molecule has 1 N–H and O–H groups in total. The van der Waals surface area contributed by atoms with Gasteiger partial charge >= 0.3 is 0 Å². The molecule has 18 heavy (non-hydrogen) atoms. The number of fused-ring (bicyclic) bond motifs is 1. The number of nitriles is 1. The maximum absolute atomic E-state index is 9.05. The van der Waals surface area contributed by atoms with Gasteiger partial charge in [0, 0.05) is 9.72 Å². The van der Waals surface area contributed by atoms with Crippen LogP contribution in [0.2, 0.25) is 5.02 Å². The third kappa shape index (κ3) is 1.60. The molecule has 0 bridgehead atoms. The zero-order valence-electron chi connectivity index (χ0n) is 9.49. The molecule has 0 fully saturated rings. The molecule has 3 nitrogen and oxygen atoms in total. The van der Waals surface area contributed by atoms with E-state index in [0.29, 0.717) is 5.56 Å². The van der Waals surface area contributed by atoms with Gasteiger partial charge in [-0.25, -0.2) is 0 Å². The smallest absolute Gasteiger partial charge is 0.103 e. The lowest BCUT2D eigenvalue weighted by molar-refractivity contribution is 1.10. The van der Waals surface area contributed by atoms with Crippen LogP contribution in [0.25, 0.3) is 20.7 Å². The van der Waals surface area contributed by atoms with E-state index in [9.17, 15) is 0 Å². The molecule has 0 atom stereocenters. The molecule has 0 radical (unpaired) electrons. The predicted molar refractivity (Wildman–Crippen MR) is 73.9 cm³/mol. The average molecular weight is 274 g/mol. The van der Waals surface area contributed by atoms with Gasteiger partial charge in [-0.15, -0.1) is 11.3 Å². The number of rotatable bonds is 1. The monoisotopic (exact) mass is 273 g/mol. The molecular formula is C13H8ClN3S. The molecule has 0 amide bonds. The molecule has 0 aliphatic carbocycles. The van der Waals surface area contributed by atoms with Crippen LogP contribution in [0.4, 0.5) is 0 Å². The summed E-state index contributed by atoms with van der Waals surface area (Å²) < 4.78 is 1.16. The van der Waals surface area contributed by atoms with Gasteiger partial charge in [0.25, 0.3) is 0 Å². The fraction of sp³-hybridized carbons (Fsp3) is 0.0769. The summed E-state index contributed by atoms with van der Waals surface area (Å²) in [7, 11) is 0. The molecule has 5 heteroatoms. The topological polar surface area (TPSA) is 52.5 Å². The molecule has 0 aliphatic heterocycles. The Morgan fingerprint density at radius 2 is 2.28 bits per heavy atom. The van der Waals surface area contributed by atoms with Gasteiger partial charge in [-0.05, 0) is 36.1 Å². The van der Waals surface area contributed by atoms with Gasteiger partial charge in [0.15, 0.2) is 0 Å². The number of halogens is 1. The average Bonchev–Trinajstić information content (AvgIpc) is 2.94. The maximum Gasteiger partial charge on any atom is 0.103 e. The number of nitrogens with zero attached hydrogens (tertiary/aromatic N) is 2. The highest BCUT2D eigenvalue weighted by Gasteiger charge is 2.15. The van der Waals surface area contributed by atoms with Crippen molar-refractivity contribution in [3.05, 3.63) is 40.5 Å². The van der Waals surface area contributed by atoms with Gasteiger partial charge < -0.3 is 0 Å². The Balaban J connectivity index is 2.31. The molecule has 3 aromatic rings. The molecule has 0 saturated heterocycles. The van der Waals surface area contributed by atoms with Gasteiger partial charge in [0.05, 0.1) is 22.3 Å². The highest BCUT2D eigenvalue weighted by atomic mass is 35.5. The van der Waals surface area contributed by atoms with E-state index >= 15 is 0 Å². The van der Waals surface area contributed by atoms with E-state index in [1.807, 2.05) is 25.1 Å². The standard InChI is InChI=1S/C13H8ClN3S/c1-7-10-4-9(14)2-3-11(10)18-13(7)12-8(5-15)6-16-17-12/h2-4,6H,1H3,(H,16,17). The second-order valence-electron chi connectivity index (χ2n) is 3.97. The highest BCUT2D eigenvalue weighted by Crippen LogP contribution is 2.39. The van der Waals surface area contributed by atoms with Crippen LogP contribution in [0.15, 0.2) is 24.4 Å². The summed E-state index contributed by atoms with van der Waals surface area (Å²) in [5.74, 6) is 0. The fourth-order valence-electron chi connectivity index (χ4n) is 1.98. The van der Waals surface area contributed by atoms with Crippen molar-refractivity contribution in [3.63, 3.8) is 0 Å². The molecule has 88 valence electrons. The summed E-state index contributed by atoms with van der Waals surface area (Å²) >= 11 is 7.65. The number of aromatic amines is 1. The number of aromatic nitrogens is 2. The van der Waals surface area contributed by atoms with Gasteiger partial charge in [-0.3, -0.25) is 5.10 Å². The van der Waals surface area contributed by atoms with Crippen LogP contribution in [-0.2, 0) is 0 Å². The van der Waals surface area contributed by atoms with E-state index in [1.165, 1.54) is 0 Å². The van der Waals surface area contributed by atoms with Crippen molar-refractivity contribution in [2.24, 2.45) is 0 Å². The van der Waals surface area contributed by atoms with Crippen LogP contribution >= 0.6 is 22.9 Å². The van der Waals surface area contributed by atoms with Crippen molar-refractivity contribution in [2.75, 3.05) is 0 Å². The summed E-state index contributed by atoms with van der Waals surface area (Å²) in [6.45, 7) is 2.03. The Kier molecular flexibility index (Phi) is 2.58. The van der Waals surface area contributed by atoms with E-state index in [0.717, 1.165) is 31.2 Å². The number of aryl methyl sites for hydroxylation is 1. The summed E-state index contributed by atoms with van der Waals surface area (Å²) in [6, 6.07) is 7.97. The first-order chi connectivity index (χ1) is 8.70.